The van der Waals surface area contributed by atoms with Crippen LogP contribution in [0.15, 0.2) is 0 Å². The van der Waals surface area contributed by atoms with Gasteiger partial charge in [-0.2, -0.15) is 0 Å². The van der Waals surface area contributed by atoms with Gasteiger partial charge in [0.05, 0.1) is 0 Å². The summed E-state index contributed by atoms with van der Waals surface area (Å²) in [6.07, 6.45) is -2.71. The highest BCUT2D eigenvalue weighted by atomic mass is 19.1. The Labute approximate surface area is 106 Å². The zero-order chi connectivity index (χ0) is 13.7. The van der Waals surface area contributed by atoms with Crippen LogP contribution in [0.1, 0.15) is 6.92 Å². The first-order valence-corrected chi connectivity index (χ1v) is 5.65. The van der Waals surface area contributed by atoms with Gasteiger partial charge in [-0.3, -0.25) is 4.79 Å². The van der Waals surface area contributed by atoms with Crippen LogP contribution in [0.4, 0.5) is 4.39 Å². The number of alkyl halides is 1. The van der Waals surface area contributed by atoms with E-state index >= 15 is 0 Å². The van der Waals surface area contributed by atoms with E-state index in [4.69, 9.17) is 18.9 Å². The van der Waals surface area contributed by atoms with Crippen LogP contribution in [0.5, 0.6) is 0 Å². The fourth-order valence-corrected chi connectivity index (χ4v) is 2.18. The van der Waals surface area contributed by atoms with Gasteiger partial charge in [-0.05, 0) is 0 Å². The van der Waals surface area contributed by atoms with Gasteiger partial charge < -0.3 is 24.3 Å². The highest BCUT2D eigenvalue weighted by Crippen LogP contribution is 2.26. The molecule has 6 nitrogen and oxygen atoms in total. The van der Waals surface area contributed by atoms with Crippen molar-refractivity contribution in [1.82, 2.24) is 5.32 Å². The Balaban J connectivity index is 2.92. The summed E-state index contributed by atoms with van der Waals surface area (Å²) < 4.78 is 34.0. The number of halogens is 1. The summed E-state index contributed by atoms with van der Waals surface area (Å²) in [6, 6.07) is -0.551. The molecule has 1 aliphatic heterocycles. The molecule has 1 aliphatic rings. The van der Waals surface area contributed by atoms with Gasteiger partial charge in [-0.1, -0.05) is 0 Å². The predicted molar refractivity (Wildman–Crippen MR) is 60.8 cm³/mol. The van der Waals surface area contributed by atoms with Crippen LogP contribution in [-0.2, 0) is 23.7 Å². The van der Waals surface area contributed by atoms with Crippen molar-refractivity contribution in [3.63, 3.8) is 0 Å². The molecule has 0 unspecified atom stereocenters. The minimum absolute atomic E-state index is 0.249. The predicted octanol–water partition coefficient (Wildman–Crippen LogP) is -0.138. The van der Waals surface area contributed by atoms with Crippen molar-refractivity contribution in [2.75, 3.05) is 28.0 Å². The first-order chi connectivity index (χ1) is 8.58. The lowest BCUT2D eigenvalue weighted by molar-refractivity contribution is -0.267. The molecule has 106 valence electrons. The first-order valence-electron chi connectivity index (χ1n) is 5.65. The Bertz CT molecular complexity index is 278. The van der Waals surface area contributed by atoms with Crippen molar-refractivity contribution in [2.45, 2.75) is 37.6 Å². The maximum atomic E-state index is 12.9. The average Bonchev–Trinajstić information content (AvgIpc) is 2.36. The highest BCUT2D eigenvalue weighted by Gasteiger charge is 2.47. The van der Waals surface area contributed by atoms with Crippen LogP contribution < -0.4 is 5.32 Å². The van der Waals surface area contributed by atoms with E-state index in [1.54, 1.807) is 0 Å². The van der Waals surface area contributed by atoms with E-state index in [0.29, 0.717) is 0 Å². The molecule has 0 saturated carbocycles. The van der Waals surface area contributed by atoms with Gasteiger partial charge >= 0.3 is 0 Å². The van der Waals surface area contributed by atoms with Gasteiger partial charge in [0, 0.05) is 28.3 Å². The second-order valence-corrected chi connectivity index (χ2v) is 4.06. The molecule has 1 fully saturated rings. The Morgan fingerprint density at radius 3 is 2.22 bits per heavy atom. The third-order valence-electron chi connectivity index (χ3n) is 2.94. The van der Waals surface area contributed by atoms with Gasteiger partial charge in [0.2, 0.25) is 5.91 Å². The van der Waals surface area contributed by atoms with Gasteiger partial charge in [0.15, 0.2) is 6.29 Å². The van der Waals surface area contributed by atoms with Crippen LogP contribution >= 0.6 is 0 Å². The summed E-state index contributed by atoms with van der Waals surface area (Å²) in [5, 5.41) is 2.68. The number of rotatable bonds is 5. The number of nitrogens with one attached hydrogen (secondary N) is 1. The minimum atomic E-state index is -0.782. The van der Waals surface area contributed by atoms with E-state index < -0.39 is 37.3 Å². The maximum Gasteiger partial charge on any atom is 0.217 e. The number of hydrogen-bond acceptors (Lipinski definition) is 5. The molecule has 1 saturated heterocycles. The van der Waals surface area contributed by atoms with E-state index in [9.17, 15) is 9.18 Å². The summed E-state index contributed by atoms with van der Waals surface area (Å²) in [5.41, 5.74) is 0. The summed E-state index contributed by atoms with van der Waals surface area (Å²) in [6.45, 7) is 0.660. The fourth-order valence-electron chi connectivity index (χ4n) is 2.18. The van der Waals surface area contributed by atoms with Crippen LogP contribution in [0.3, 0.4) is 0 Å². The van der Waals surface area contributed by atoms with Gasteiger partial charge in [-0.25, -0.2) is 4.39 Å². The smallest absolute Gasteiger partial charge is 0.217 e. The molecular weight excluding hydrogens is 245 g/mol. The number of carbonyl (C=O) groups is 1. The molecule has 1 amide bonds. The molecule has 5 atom stereocenters. The van der Waals surface area contributed by atoms with E-state index in [2.05, 4.69) is 5.32 Å². The molecular formula is C11H20FNO5. The molecule has 0 aliphatic carbocycles. The Hall–Kier alpha value is -0.760. The lowest BCUT2D eigenvalue weighted by Gasteiger charge is -2.44. The zero-order valence-electron chi connectivity index (χ0n) is 11.0. The molecule has 0 bridgehead atoms. The summed E-state index contributed by atoms with van der Waals surface area (Å²) in [5.74, 6) is -0.249. The Morgan fingerprint density at radius 2 is 1.83 bits per heavy atom. The minimum Gasteiger partial charge on any atom is -0.376 e. The first kappa shape index (κ1) is 15.3. The molecule has 18 heavy (non-hydrogen) atoms. The van der Waals surface area contributed by atoms with Crippen LogP contribution in [0.2, 0.25) is 0 Å². The van der Waals surface area contributed by atoms with E-state index in [1.807, 2.05) is 0 Å². The number of amides is 1. The van der Waals surface area contributed by atoms with Gasteiger partial charge in [0.1, 0.15) is 31.0 Å². The lowest BCUT2D eigenvalue weighted by atomic mass is 9.96. The molecule has 0 spiro atoms. The number of methoxy groups -OCH3 is 3. The zero-order valence-corrected chi connectivity index (χ0v) is 11.0. The fraction of sp³-hybridized carbons (Fsp3) is 0.909. The average molecular weight is 265 g/mol. The summed E-state index contributed by atoms with van der Waals surface area (Å²) in [7, 11) is 4.34. The van der Waals surface area contributed by atoms with Crippen LogP contribution in [-0.4, -0.2) is 64.6 Å². The molecule has 1 N–H and O–H groups in total. The number of hydrogen-bond donors (Lipinski definition) is 1. The molecule has 0 aromatic rings. The van der Waals surface area contributed by atoms with Gasteiger partial charge in [0.25, 0.3) is 0 Å². The normalized spacial score (nSPS) is 36.4. The quantitative estimate of drug-likeness (QED) is 0.749. The molecule has 7 heteroatoms. The monoisotopic (exact) mass is 265 g/mol. The van der Waals surface area contributed by atoms with Crippen molar-refractivity contribution >= 4 is 5.91 Å². The van der Waals surface area contributed by atoms with E-state index in [0.717, 1.165) is 0 Å². The standard InChI is InChI=1S/C11H20FNO5/c1-6(14)13-8-10(16-3)9(15-2)7(5-12)18-11(8)17-4/h7-11H,5H2,1-4H3,(H,13,14)/t7-,8-,9-,10-,11+/m1/s1. The van der Waals surface area contributed by atoms with Crippen molar-refractivity contribution in [2.24, 2.45) is 0 Å². The summed E-state index contributed by atoms with van der Waals surface area (Å²) >= 11 is 0. The van der Waals surface area contributed by atoms with Gasteiger partial charge in [-0.15, -0.1) is 0 Å². The highest BCUT2D eigenvalue weighted by molar-refractivity contribution is 5.73. The van der Waals surface area contributed by atoms with Crippen LogP contribution in [0, 0.1) is 0 Å². The van der Waals surface area contributed by atoms with Crippen molar-refractivity contribution in [3.8, 4) is 0 Å². The van der Waals surface area contributed by atoms with Crippen molar-refractivity contribution in [1.29, 1.82) is 0 Å². The third-order valence-corrected chi connectivity index (χ3v) is 2.94. The van der Waals surface area contributed by atoms with Crippen molar-refractivity contribution in [3.05, 3.63) is 0 Å². The molecule has 0 aromatic carbocycles. The molecule has 1 rings (SSSR count). The Morgan fingerprint density at radius 1 is 1.22 bits per heavy atom. The lowest BCUT2D eigenvalue weighted by Crippen LogP contribution is -2.65. The second kappa shape index (κ2) is 6.98. The maximum absolute atomic E-state index is 12.9. The third kappa shape index (κ3) is 3.17. The van der Waals surface area contributed by atoms with Crippen LogP contribution in [0.25, 0.3) is 0 Å². The SMILES string of the molecule is CO[C@H]1O[C@H](CF)[C@@H](OC)[C@H](OC)[C@H]1NC(C)=O. The van der Waals surface area contributed by atoms with E-state index in [-0.39, 0.29) is 5.91 Å². The van der Waals surface area contributed by atoms with E-state index in [1.165, 1.54) is 28.3 Å². The molecule has 1 heterocycles. The van der Waals surface area contributed by atoms with Crippen molar-refractivity contribution < 1.29 is 28.1 Å². The summed E-state index contributed by atoms with van der Waals surface area (Å²) in [4.78, 5) is 11.2. The second-order valence-electron chi connectivity index (χ2n) is 4.06. The number of ether oxygens (including phenoxy) is 4. The Kier molecular flexibility index (Phi) is 5.94. The number of carbonyl (C=O) groups excluding carboxylic acids is 1. The molecule has 0 aromatic heterocycles. The molecule has 0 radical (unpaired) electrons. The largest absolute Gasteiger partial charge is 0.376 e. The topological polar surface area (TPSA) is 66.0 Å².